The lowest BCUT2D eigenvalue weighted by atomic mass is 9.87. The molecule has 2 aliphatic carbocycles. The predicted octanol–water partition coefficient (Wildman–Crippen LogP) is 16.1. The SMILES string of the molecule is CCCCC.CCCCC.CCCCCC(=O)OC1C=C(c2ccc(-c3ccc(-c4ccc(-c5ccc(C6=CC(OC=O)CCC6OC(=O)CCCCC)cc5)c(C)c4)cc3C)cc2)C(OC=O)CC1. The van der Waals surface area contributed by atoms with Gasteiger partial charge >= 0.3 is 11.9 Å². The minimum absolute atomic E-state index is 0.186. The fraction of sp³-hybridized carbons (Fsp3) is 0.484. The number of aryl methyl sites for hydroxylation is 2. The number of hydrogen-bond acceptors (Lipinski definition) is 8. The largest absolute Gasteiger partial charge is 0.460 e. The molecule has 70 heavy (non-hydrogen) atoms. The molecule has 0 spiro atoms. The van der Waals surface area contributed by atoms with Gasteiger partial charge in [0.2, 0.25) is 0 Å². The van der Waals surface area contributed by atoms with Crippen molar-refractivity contribution in [1.82, 2.24) is 0 Å². The van der Waals surface area contributed by atoms with Crippen LogP contribution >= 0.6 is 0 Å². The predicted molar refractivity (Wildman–Crippen MR) is 287 cm³/mol. The summed E-state index contributed by atoms with van der Waals surface area (Å²) in [5, 5.41) is 0. The van der Waals surface area contributed by atoms with E-state index in [1.807, 2.05) is 24.3 Å². The molecule has 6 rings (SSSR count). The Hall–Kier alpha value is -5.76. The fourth-order valence-corrected chi connectivity index (χ4v) is 9.10. The molecule has 4 unspecified atom stereocenters. The van der Waals surface area contributed by atoms with Gasteiger partial charge in [0.25, 0.3) is 12.9 Å². The summed E-state index contributed by atoms with van der Waals surface area (Å²) in [4.78, 5) is 47.6. The van der Waals surface area contributed by atoms with Gasteiger partial charge in [-0.3, -0.25) is 19.2 Å². The van der Waals surface area contributed by atoms with Gasteiger partial charge in [-0.2, -0.15) is 0 Å². The summed E-state index contributed by atoms with van der Waals surface area (Å²) in [6.45, 7) is 18.3. The van der Waals surface area contributed by atoms with Crippen LogP contribution in [-0.4, -0.2) is 49.3 Å². The molecule has 378 valence electrons. The maximum Gasteiger partial charge on any atom is 0.306 e. The second kappa shape index (κ2) is 31.5. The summed E-state index contributed by atoms with van der Waals surface area (Å²) < 4.78 is 22.5. The molecule has 4 atom stereocenters. The van der Waals surface area contributed by atoms with Crippen molar-refractivity contribution in [2.45, 2.75) is 195 Å². The minimum Gasteiger partial charge on any atom is -0.460 e. The second-order valence-electron chi connectivity index (χ2n) is 18.7. The van der Waals surface area contributed by atoms with Crippen molar-refractivity contribution in [3.8, 4) is 33.4 Å². The van der Waals surface area contributed by atoms with Crippen molar-refractivity contribution in [3.63, 3.8) is 0 Å². The first-order chi connectivity index (χ1) is 34.0. The molecule has 0 saturated carbocycles. The molecule has 0 N–H and O–H groups in total. The Morgan fingerprint density at radius 1 is 0.443 bits per heavy atom. The van der Waals surface area contributed by atoms with E-state index in [2.05, 4.69) is 128 Å². The molecule has 4 aromatic rings. The average Bonchev–Trinajstić information content (AvgIpc) is 3.36. The highest BCUT2D eigenvalue weighted by molar-refractivity contribution is 5.81. The third-order valence-corrected chi connectivity index (χ3v) is 13.1. The molecule has 0 radical (unpaired) electrons. The van der Waals surface area contributed by atoms with Gasteiger partial charge in [0, 0.05) is 12.8 Å². The van der Waals surface area contributed by atoms with Crippen molar-refractivity contribution < 1.29 is 38.1 Å². The van der Waals surface area contributed by atoms with Gasteiger partial charge in [0.1, 0.15) is 24.4 Å². The van der Waals surface area contributed by atoms with Crippen LogP contribution in [0, 0.1) is 13.8 Å². The van der Waals surface area contributed by atoms with Crippen LogP contribution in [0.3, 0.4) is 0 Å². The zero-order valence-corrected chi connectivity index (χ0v) is 43.7. The van der Waals surface area contributed by atoms with Gasteiger partial charge in [-0.1, -0.05) is 191 Å². The zero-order valence-electron chi connectivity index (χ0n) is 43.7. The van der Waals surface area contributed by atoms with Crippen LogP contribution in [0.25, 0.3) is 44.5 Å². The number of esters is 2. The minimum atomic E-state index is -0.387. The highest BCUT2D eigenvalue weighted by atomic mass is 16.6. The number of rotatable bonds is 23. The van der Waals surface area contributed by atoms with E-state index < -0.39 is 0 Å². The van der Waals surface area contributed by atoms with Crippen LogP contribution in [0.15, 0.2) is 97.1 Å². The number of ether oxygens (including phenoxy) is 4. The summed E-state index contributed by atoms with van der Waals surface area (Å²) in [5.41, 5.74) is 12.6. The third kappa shape index (κ3) is 17.9. The van der Waals surface area contributed by atoms with Gasteiger partial charge in [-0.15, -0.1) is 0 Å². The lowest BCUT2D eigenvalue weighted by molar-refractivity contribution is -0.148. The summed E-state index contributed by atoms with van der Waals surface area (Å²) >= 11 is 0. The van der Waals surface area contributed by atoms with Crippen LogP contribution in [0.2, 0.25) is 0 Å². The highest BCUT2D eigenvalue weighted by Crippen LogP contribution is 2.37. The van der Waals surface area contributed by atoms with Crippen LogP contribution in [0.1, 0.15) is 179 Å². The molecule has 0 fully saturated rings. The van der Waals surface area contributed by atoms with E-state index in [9.17, 15) is 19.2 Å². The van der Waals surface area contributed by atoms with E-state index in [0.717, 1.165) is 105 Å². The van der Waals surface area contributed by atoms with E-state index in [4.69, 9.17) is 18.9 Å². The van der Waals surface area contributed by atoms with Crippen LogP contribution in [0.5, 0.6) is 0 Å². The first kappa shape index (κ1) is 56.8. The van der Waals surface area contributed by atoms with Gasteiger partial charge in [-0.25, -0.2) is 0 Å². The molecule has 0 amide bonds. The average molecular weight is 955 g/mol. The van der Waals surface area contributed by atoms with Gasteiger partial charge in [-0.05, 0) is 131 Å². The topological polar surface area (TPSA) is 105 Å². The number of hydrogen-bond donors (Lipinski definition) is 0. The molecular formula is C62H82O8. The fourth-order valence-electron chi connectivity index (χ4n) is 9.10. The third-order valence-electron chi connectivity index (χ3n) is 13.1. The molecule has 8 heteroatoms. The van der Waals surface area contributed by atoms with Gasteiger partial charge in [0.15, 0.2) is 0 Å². The van der Waals surface area contributed by atoms with E-state index >= 15 is 0 Å². The van der Waals surface area contributed by atoms with Crippen molar-refractivity contribution >= 4 is 36.0 Å². The quantitative estimate of drug-likeness (QED) is 0.0313. The molecule has 2 aliphatic rings. The first-order valence-corrected chi connectivity index (χ1v) is 26.5. The van der Waals surface area contributed by atoms with E-state index in [-0.39, 0.29) is 36.4 Å². The van der Waals surface area contributed by atoms with E-state index in [1.165, 1.54) is 38.5 Å². The van der Waals surface area contributed by atoms with Crippen molar-refractivity contribution in [3.05, 3.63) is 119 Å². The van der Waals surface area contributed by atoms with Gasteiger partial charge < -0.3 is 18.9 Å². The summed E-state index contributed by atoms with van der Waals surface area (Å²) in [6, 6.07) is 29.6. The summed E-state index contributed by atoms with van der Waals surface area (Å²) in [7, 11) is 0. The summed E-state index contributed by atoms with van der Waals surface area (Å²) in [5.74, 6) is -0.377. The number of unbranched alkanes of at least 4 members (excludes halogenated alkanes) is 8. The normalized spacial score (nSPS) is 17.3. The number of benzene rings is 4. The molecule has 4 aromatic carbocycles. The standard InChI is InChI=1S/C52H58O8.2C5H12/c1-5-7-9-11-51(55)59-44-24-27-49(58-34-54)47(32-44)39-17-13-37(14-18-39)45-25-21-41(29-35(45)3)42-22-26-46(36(4)30-42)38-15-19-40(20-16-38)48-31-43(57-33-53)23-28-50(48)60-52(56)12-10-8-6-2;2*1-3-5-4-2/h13-22,25-26,29-34,43-44,49-50H,5-12,23-24,27-28H2,1-4H3;2*3-5H2,1-2H3. The Morgan fingerprint density at radius 3 is 1.26 bits per heavy atom. The molecule has 0 aliphatic heterocycles. The Morgan fingerprint density at radius 2 is 0.829 bits per heavy atom. The molecule has 0 aromatic heterocycles. The maximum atomic E-state index is 12.7. The second-order valence-corrected chi connectivity index (χ2v) is 18.7. The number of carbonyl (C=O) groups excluding carboxylic acids is 4. The Kier molecular flexibility index (Phi) is 25.5. The Bertz CT molecular complexity index is 2260. The lowest BCUT2D eigenvalue weighted by Gasteiger charge is -2.28. The number of carbonyl (C=O) groups is 4. The zero-order chi connectivity index (χ0) is 50.7. The van der Waals surface area contributed by atoms with Crippen LogP contribution in [-0.2, 0) is 38.1 Å². The maximum absolute atomic E-state index is 12.7. The molecule has 0 heterocycles. The Labute approximate surface area is 420 Å². The highest BCUT2D eigenvalue weighted by Gasteiger charge is 2.29. The van der Waals surface area contributed by atoms with Crippen molar-refractivity contribution in [1.29, 1.82) is 0 Å². The van der Waals surface area contributed by atoms with Crippen molar-refractivity contribution in [2.24, 2.45) is 0 Å². The first-order valence-electron chi connectivity index (χ1n) is 26.5. The molecule has 0 saturated heterocycles. The summed E-state index contributed by atoms with van der Waals surface area (Å²) in [6.07, 6.45) is 19.5. The Balaban J connectivity index is 0.000000967. The molecule has 8 nitrogen and oxygen atoms in total. The van der Waals surface area contributed by atoms with Crippen LogP contribution in [0.4, 0.5) is 0 Å². The molecular weight excluding hydrogens is 873 g/mol. The lowest BCUT2D eigenvalue weighted by Crippen LogP contribution is -2.27. The van der Waals surface area contributed by atoms with E-state index in [1.54, 1.807) is 0 Å². The smallest absolute Gasteiger partial charge is 0.306 e. The van der Waals surface area contributed by atoms with Gasteiger partial charge in [0.05, 0.1) is 0 Å². The van der Waals surface area contributed by atoms with Crippen molar-refractivity contribution in [2.75, 3.05) is 0 Å². The van der Waals surface area contributed by atoms with Crippen LogP contribution < -0.4 is 0 Å². The van der Waals surface area contributed by atoms with E-state index in [0.29, 0.717) is 51.5 Å². The molecule has 0 bridgehead atoms. The monoisotopic (exact) mass is 955 g/mol.